The SMILES string of the molecule is COc1ccc(S(=O)(=O)Nc2cccc(-c3nc(NC(P(=O)(O)O)P(=O)(O)O)c4ccsc4n3)c2)cc1F. The van der Waals surface area contributed by atoms with Gasteiger partial charge in [0.1, 0.15) is 10.6 Å². The van der Waals surface area contributed by atoms with E-state index >= 15 is 0 Å². The Bertz CT molecular complexity index is 1700. The summed E-state index contributed by atoms with van der Waals surface area (Å²) in [6.07, 6.45) is 0. The van der Waals surface area contributed by atoms with Crippen LogP contribution in [0.2, 0.25) is 0 Å². The van der Waals surface area contributed by atoms with Crippen molar-refractivity contribution in [2.75, 3.05) is 17.1 Å². The number of nitrogens with one attached hydrogen (secondary N) is 2. The largest absolute Gasteiger partial charge is 0.494 e. The van der Waals surface area contributed by atoms with Gasteiger partial charge in [-0.15, -0.1) is 11.3 Å². The van der Waals surface area contributed by atoms with Crippen LogP contribution in [0.25, 0.3) is 21.6 Å². The van der Waals surface area contributed by atoms with Gasteiger partial charge in [-0.05, 0) is 41.8 Å². The Morgan fingerprint density at radius 2 is 1.74 bits per heavy atom. The van der Waals surface area contributed by atoms with Crippen LogP contribution in [-0.4, -0.2) is 50.6 Å². The van der Waals surface area contributed by atoms with Gasteiger partial charge in [-0.1, -0.05) is 12.1 Å². The highest BCUT2D eigenvalue weighted by Crippen LogP contribution is 2.59. The number of methoxy groups -OCH3 is 1. The number of rotatable bonds is 9. The summed E-state index contributed by atoms with van der Waals surface area (Å²) in [6, 6.07) is 10.4. The third-order valence-corrected chi connectivity index (χ3v) is 10.6. The highest BCUT2D eigenvalue weighted by molar-refractivity contribution is 7.92. The maximum absolute atomic E-state index is 14.0. The Morgan fingerprint density at radius 1 is 1.03 bits per heavy atom. The van der Waals surface area contributed by atoms with E-state index in [1.165, 1.54) is 49.6 Å². The maximum atomic E-state index is 14.0. The highest BCUT2D eigenvalue weighted by Gasteiger charge is 2.44. The molecule has 0 amide bonds. The lowest BCUT2D eigenvalue weighted by Gasteiger charge is -2.21. The van der Waals surface area contributed by atoms with Gasteiger partial charge in [0.15, 0.2) is 17.4 Å². The zero-order valence-corrected chi connectivity index (χ0v) is 22.5. The number of anilines is 2. The van der Waals surface area contributed by atoms with E-state index in [0.717, 1.165) is 17.4 Å². The van der Waals surface area contributed by atoms with Gasteiger partial charge in [0, 0.05) is 11.3 Å². The molecular weight excluding hydrogens is 585 g/mol. The van der Waals surface area contributed by atoms with Gasteiger partial charge < -0.3 is 29.6 Å². The van der Waals surface area contributed by atoms with Crippen molar-refractivity contribution in [3.63, 3.8) is 0 Å². The predicted octanol–water partition coefficient (Wildman–Crippen LogP) is 3.36. The van der Waals surface area contributed by atoms with E-state index in [-0.39, 0.29) is 38.9 Å². The molecule has 13 nitrogen and oxygen atoms in total. The Kier molecular flexibility index (Phi) is 7.63. The van der Waals surface area contributed by atoms with Crippen LogP contribution < -0.4 is 14.8 Å². The van der Waals surface area contributed by atoms with E-state index < -0.39 is 36.6 Å². The van der Waals surface area contributed by atoms with Crippen LogP contribution in [0.5, 0.6) is 5.75 Å². The summed E-state index contributed by atoms with van der Waals surface area (Å²) in [5.41, 5.74) is -2.23. The van der Waals surface area contributed by atoms with Gasteiger partial charge in [0.25, 0.3) is 10.0 Å². The minimum Gasteiger partial charge on any atom is -0.494 e. The molecule has 0 aliphatic heterocycles. The molecule has 0 aliphatic carbocycles. The fourth-order valence-electron chi connectivity index (χ4n) is 3.33. The van der Waals surface area contributed by atoms with E-state index in [4.69, 9.17) is 4.74 Å². The van der Waals surface area contributed by atoms with Gasteiger partial charge >= 0.3 is 15.2 Å². The summed E-state index contributed by atoms with van der Waals surface area (Å²) >= 11 is 1.13. The second-order valence-electron chi connectivity index (χ2n) is 7.71. The van der Waals surface area contributed by atoms with Crippen molar-refractivity contribution in [2.24, 2.45) is 0 Å². The molecule has 0 fully saturated rings. The first kappa shape index (κ1) is 28.1. The van der Waals surface area contributed by atoms with Crippen LogP contribution >= 0.6 is 26.5 Å². The molecular formula is C20H19FN4O9P2S2. The maximum Gasteiger partial charge on any atom is 0.360 e. The van der Waals surface area contributed by atoms with E-state index in [1.807, 2.05) is 0 Å². The van der Waals surface area contributed by atoms with Crippen molar-refractivity contribution in [1.29, 1.82) is 0 Å². The molecule has 6 N–H and O–H groups in total. The second-order valence-corrected chi connectivity index (χ2v) is 14.1. The number of aromatic nitrogens is 2. The molecule has 0 aliphatic rings. The number of sulfonamides is 1. The third kappa shape index (κ3) is 6.03. The summed E-state index contributed by atoms with van der Waals surface area (Å²) in [6.45, 7) is 0. The summed E-state index contributed by atoms with van der Waals surface area (Å²) in [7, 11) is -13.6. The average molecular weight is 604 g/mol. The molecule has 18 heteroatoms. The van der Waals surface area contributed by atoms with Crippen LogP contribution in [-0.2, 0) is 19.2 Å². The summed E-state index contributed by atoms with van der Waals surface area (Å²) in [4.78, 5) is 46.5. The zero-order valence-electron chi connectivity index (χ0n) is 19.1. The van der Waals surface area contributed by atoms with Crippen LogP contribution in [0.3, 0.4) is 0 Å². The first-order chi connectivity index (χ1) is 17.7. The van der Waals surface area contributed by atoms with Crippen molar-refractivity contribution >= 4 is 58.3 Å². The van der Waals surface area contributed by atoms with Crippen molar-refractivity contribution in [3.05, 3.63) is 59.7 Å². The number of thiophene rings is 1. The van der Waals surface area contributed by atoms with Crippen molar-refractivity contribution < 1.29 is 46.2 Å². The molecule has 0 spiro atoms. The lowest BCUT2D eigenvalue weighted by molar-refractivity contribution is 0.343. The van der Waals surface area contributed by atoms with E-state index in [2.05, 4.69) is 20.0 Å². The zero-order chi connectivity index (χ0) is 27.9. The molecule has 0 saturated heterocycles. The molecule has 0 bridgehead atoms. The van der Waals surface area contributed by atoms with Gasteiger partial charge in [0.2, 0.25) is 5.52 Å². The molecule has 2 aromatic carbocycles. The van der Waals surface area contributed by atoms with Crippen LogP contribution in [0.1, 0.15) is 0 Å². The Balaban J connectivity index is 1.71. The van der Waals surface area contributed by atoms with Gasteiger partial charge in [-0.3, -0.25) is 13.9 Å². The van der Waals surface area contributed by atoms with Crippen LogP contribution in [0.15, 0.2) is 58.8 Å². The lowest BCUT2D eigenvalue weighted by Crippen LogP contribution is -2.21. The Morgan fingerprint density at radius 3 is 2.37 bits per heavy atom. The summed E-state index contributed by atoms with van der Waals surface area (Å²) in [5.74, 6) is -1.28. The third-order valence-electron chi connectivity index (χ3n) is 5.03. The number of ether oxygens (including phenoxy) is 1. The van der Waals surface area contributed by atoms with Gasteiger partial charge in [-0.25, -0.2) is 22.8 Å². The molecule has 38 heavy (non-hydrogen) atoms. The Labute approximate surface area is 218 Å². The first-order valence-corrected chi connectivity index (χ1v) is 16.0. The lowest BCUT2D eigenvalue weighted by atomic mass is 10.2. The number of fused-ring (bicyclic) bond motifs is 1. The van der Waals surface area contributed by atoms with E-state index in [1.54, 1.807) is 5.38 Å². The Hall–Kier alpha value is -2.94. The van der Waals surface area contributed by atoms with Crippen LogP contribution in [0.4, 0.5) is 15.9 Å². The topological polar surface area (TPSA) is 208 Å². The fourth-order valence-corrected chi connectivity index (χ4v) is 7.30. The van der Waals surface area contributed by atoms with Gasteiger partial charge in [-0.2, -0.15) is 0 Å². The molecule has 202 valence electrons. The molecule has 0 radical (unpaired) electrons. The standard InChI is InChI=1S/C20H19FN4O9P2S2/c1-34-16-6-5-13(10-15(16)21)38(32,33)25-12-4-2-3-11(9-12)17-22-18(14-7-8-37-19(14)23-17)24-20(35(26,27)28)36(29,30)31/h2-10,20,25H,1H3,(H,22,23,24)(H2,26,27,28)(H2,29,30,31). The van der Waals surface area contributed by atoms with Crippen molar-refractivity contribution in [2.45, 2.75) is 10.4 Å². The minimum atomic E-state index is -5.32. The van der Waals surface area contributed by atoms with Crippen molar-refractivity contribution in [3.8, 4) is 17.1 Å². The molecule has 0 atom stereocenters. The van der Waals surface area contributed by atoms with E-state index in [9.17, 15) is 41.5 Å². The molecule has 0 saturated carbocycles. The van der Waals surface area contributed by atoms with Crippen molar-refractivity contribution in [1.82, 2.24) is 9.97 Å². The molecule has 0 unspecified atom stereocenters. The number of hydrogen-bond acceptors (Lipinski definition) is 9. The molecule has 4 aromatic rings. The average Bonchev–Trinajstić information content (AvgIpc) is 3.29. The van der Waals surface area contributed by atoms with Gasteiger partial charge in [0.05, 0.1) is 17.4 Å². The minimum absolute atomic E-state index is 0.0332. The predicted molar refractivity (Wildman–Crippen MR) is 138 cm³/mol. The monoisotopic (exact) mass is 604 g/mol. The summed E-state index contributed by atoms with van der Waals surface area (Å²) < 4.78 is 70.3. The normalized spacial score (nSPS) is 12.6. The number of halogens is 1. The second kappa shape index (κ2) is 10.3. The smallest absolute Gasteiger partial charge is 0.360 e. The highest BCUT2D eigenvalue weighted by atomic mass is 32.2. The number of nitrogens with zero attached hydrogens (tertiary/aromatic N) is 2. The molecule has 2 aromatic heterocycles. The van der Waals surface area contributed by atoms with Crippen LogP contribution in [0, 0.1) is 5.82 Å². The number of hydrogen-bond donors (Lipinski definition) is 6. The molecule has 2 heterocycles. The first-order valence-electron chi connectivity index (χ1n) is 10.3. The molecule has 4 rings (SSSR count). The fraction of sp³-hybridized carbons (Fsp3) is 0.100. The van der Waals surface area contributed by atoms with E-state index in [0.29, 0.717) is 4.83 Å². The quantitative estimate of drug-likeness (QED) is 0.152. The number of benzene rings is 2. The summed E-state index contributed by atoms with van der Waals surface area (Å²) in [5, 5.41) is 4.01.